The van der Waals surface area contributed by atoms with Crippen molar-refractivity contribution >= 4 is 17.7 Å². The smallest absolute Gasteiger partial charge is 0.254 e. The highest BCUT2D eigenvalue weighted by Gasteiger charge is 2.22. The standard InChI is InChI=1S/C22H26N2OS/c1-26-21-9-8-20-15-24(12-10-18(20)13-21)22(25)17-6-4-16(5-7-17)19-3-2-11-23-14-19/h4-9,13,19,23H,2-3,10-12,14-15H2,1H3/t19-/m0/s1. The molecule has 0 aromatic heterocycles. The van der Waals surface area contributed by atoms with Gasteiger partial charge >= 0.3 is 0 Å². The Kier molecular flexibility index (Phi) is 5.32. The molecular weight excluding hydrogens is 340 g/mol. The SMILES string of the molecule is CSc1ccc2c(c1)CCN(C(=O)c1ccc([C@H]3CCCNC3)cc1)C2. The summed E-state index contributed by atoms with van der Waals surface area (Å²) in [4.78, 5) is 16.2. The molecule has 2 aliphatic heterocycles. The van der Waals surface area contributed by atoms with Gasteiger partial charge in [-0.2, -0.15) is 0 Å². The second kappa shape index (κ2) is 7.85. The van der Waals surface area contributed by atoms with Crippen LogP contribution in [0.25, 0.3) is 0 Å². The van der Waals surface area contributed by atoms with Gasteiger partial charge in [0.1, 0.15) is 0 Å². The second-order valence-electron chi connectivity index (χ2n) is 7.28. The summed E-state index contributed by atoms with van der Waals surface area (Å²) >= 11 is 1.77. The average molecular weight is 367 g/mol. The van der Waals surface area contributed by atoms with Crippen LogP contribution in [0.15, 0.2) is 47.4 Å². The summed E-state index contributed by atoms with van der Waals surface area (Å²) < 4.78 is 0. The number of hydrogen-bond donors (Lipinski definition) is 1. The molecule has 4 heteroatoms. The molecular formula is C22H26N2OS. The Morgan fingerprint density at radius 1 is 1.15 bits per heavy atom. The van der Waals surface area contributed by atoms with Crippen LogP contribution < -0.4 is 5.32 Å². The van der Waals surface area contributed by atoms with Gasteiger partial charge in [0, 0.05) is 30.1 Å². The lowest BCUT2D eigenvalue weighted by Crippen LogP contribution is -2.36. The predicted molar refractivity (Wildman–Crippen MR) is 108 cm³/mol. The fourth-order valence-electron chi connectivity index (χ4n) is 4.05. The Bertz CT molecular complexity index is 781. The number of hydrogen-bond acceptors (Lipinski definition) is 3. The van der Waals surface area contributed by atoms with Crippen molar-refractivity contribution in [1.29, 1.82) is 0 Å². The van der Waals surface area contributed by atoms with Gasteiger partial charge in [0.2, 0.25) is 0 Å². The average Bonchev–Trinajstić information content (AvgIpc) is 2.73. The second-order valence-corrected chi connectivity index (χ2v) is 8.16. The Morgan fingerprint density at radius 3 is 2.73 bits per heavy atom. The molecule has 136 valence electrons. The van der Waals surface area contributed by atoms with E-state index in [1.165, 1.54) is 34.4 Å². The number of benzene rings is 2. The summed E-state index contributed by atoms with van der Waals surface area (Å²) in [5.41, 5.74) is 4.83. The first kappa shape index (κ1) is 17.6. The van der Waals surface area contributed by atoms with Crippen LogP contribution in [0.2, 0.25) is 0 Å². The molecule has 2 heterocycles. The lowest BCUT2D eigenvalue weighted by atomic mass is 9.91. The molecule has 0 unspecified atom stereocenters. The van der Waals surface area contributed by atoms with E-state index >= 15 is 0 Å². The van der Waals surface area contributed by atoms with E-state index in [1.807, 2.05) is 17.0 Å². The number of amides is 1. The molecule has 0 spiro atoms. The quantitative estimate of drug-likeness (QED) is 0.831. The zero-order valence-electron chi connectivity index (χ0n) is 15.3. The van der Waals surface area contributed by atoms with Crippen LogP contribution in [0.5, 0.6) is 0 Å². The van der Waals surface area contributed by atoms with Gasteiger partial charge in [-0.1, -0.05) is 18.2 Å². The van der Waals surface area contributed by atoms with Gasteiger partial charge in [-0.15, -0.1) is 11.8 Å². The Morgan fingerprint density at radius 2 is 2.00 bits per heavy atom. The van der Waals surface area contributed by atoms with E-state index < -0.39 is 0 Å². The van der Waals surface area contributed by atoms with Crippen LogP contribution in [-0.4, -0.2) is 36.7 Å². The van der Waals surface area contributed by atoms with E-state index in [2.05, 4.69) is 41.9 Å². The molecule has 26 heavy (non-hydrogen) atoms. The van der Waals surface area contributed by atoms with Crippen molar-refractivity contribution in [3.63, 3.8) is 0 Å². The summed E-state index contributed by atoms with van der Waals surface area (Å²) in [6, 6.07) is 14.9. The summed E-state index contributed by atoms with van der Waals surface area (Å²) in [6.45, 7) is 3.70. The minimum Gasteiger partial charge on any atom is -0.334 e. The Balaban J connectivity index is 1.45. The monoisotopic (exact) mass is 366 g/mol. The Hall–Kier alpha value is -1.78. The molecule has 1 saturated heterocycles. The highest BCUT2D eigenvalue weighted by molar-refractivity contribution is 7.98. The maximum Gasteiger partial charge on any atom is 0.254 e. The number of thioether (sulfide) groups is 1. The number of piperidine rings is 1. The third-order valence-corrected chi connectivity index (χ3v) is 6.36. The van der Waals surface area contributed by atoms with Crippen molar-refractivity contribution in [2.45, 2.75) is 36.6 Å². The largest absolute Gasteiger partial charge is 0.334 e. The van der Waals surface area contributed by atoms with E-state index in [0.29, 0.717) is 5.92 Å². The third-order valence-electron chi connectivity index (χ3n) is 5.64. The number of carbonyl (C=O) groups is 1. The number of fused-ring (bicyclic) bond motifs is 1. The molecule has 2 aliphatic rings. The highest BCUT2D eigenvalue weighted by atomic mass is 32.2. The van der Waals surface area contributed by atoms with Crippen LogP contribution in [0.1, 0.15) is 45.8 Å². The normalized spacial score (nSPS) is 19.9. The minimum absolute atomic E-state index is 0.151. The molecule has 2 aromatic rings. The molecule has 2 aromatic carbocycles. The molecule has 0 aliphatic carbocycles. The molecule has 1 amide bonds. The molecule has 1 fully saturated rings. The van der Waals surface area contributed by atoms with Gasteiger partial charge in [-0.25, -0.2) is 0 Å². The van der Waals surface area contributed by atoms with E-state index in [4.69, 9.17) is 0 Å². The van der Waals surface area contributed by atoms with Crippen molar-refractivity contribution in [1.82, 2.24) is 10.2 Å². The molecule has 0 bridgehead atoms. The summed E-state index contributed by atoms with van der Waals surface area (Å²) in [5, 5.41) is 3.46. The highest BCUT2D eigenvalue weighted by Crippen LogP contribution is 2.26. The Labute approximate surface area is 160 Å². The van der Waals surface area contributed by atoms with Gasteiger partial charge in [-0.05, 0) is 78.9 Å². The molecule has 3 nitrogen and oxygen atoms in total. The first-order chi connectivity index (χ1) is 12.7. The van der Waals surface area contributed by atoms with Crippen molar-refractivity contribution in [3.05, 3.63) is 64.7 Å². The van der Waals surface area contributed by atoms with Gasteiger partial charge in [0.05, 0.1) is 0 Å². The predicted octanol–water partition coefficient (Wildman–Crippen LogP) is 4.07. The van der Waals surface area contributed by atoms with Crippen molar-refractivity contribution in [3.8, 4) is 0 Å². The van der Waals surface area contributed by atoms with Gasteiger partial charge < -0.3 is 10.2 Å². The molecule has 4 rings (SSSR count). The first-order valence-corrected chi connectivity index (χ1v) is 10.7. The summed E-state index contributed by atoms with van der Waals surface area (Å²) in [6.07, 6.45) is 5.52. The zero-order chi connectivity index (χ0) is 17.9. The van der Waals surface area contributed by atoms with Gasteiger partial charge in [0.25, 0.3) is 5.91 Å². The number of nitrogens with zero attached hydrogens (tertiary/aromatic N) is 1. The van der Waals surface area contributed by atoms with Crippen LogP contribution in [0.4, 0.5) is 0 Å². The van der Waals surface area contributed by atoms with Crippen LogP contribution >= 0.6 is 11.8 Å². The van der Waals surface area contributed by atoms with Gasteiger partial charge in [-0.3, -0.25) is 4.79 Å². The van der Waals surface area contributed by atoms with Crippen LogP contribution in [0.3, 0.4) is 0 Å². The van der Waals surface area contributed by atoms with Crippen molar-refractivity contribution < 1.29 is 4.79 Å². The van der Waals surface area contributed by atoms with Crippen LogP contribution in [-0.2, 0) is 13.0 Å². The number of carbonyl (C=O) groups excluding carboxylic acids is 1. The molecule has 1 atom stereocenters. The first-order valence-electron chi connectivity index (χ1n) is 9.50. The van der Waals surface area contributed by atoms with E-state index in [9.17, 15) is 4.79 Å². The minimum atomic E-state index is 0.151. The zero-order valence-corrected chi connectivity index (χ0v) is 16.1. The van der Waals surface area contributed by atoms with Crippen molar-refractivity contribution in [2.24, 2.45) is 0 Å². The fourth-order valence-corrected chi connectivity index (χ4v) is 4.51. The van der Waals surface area contributed by atoms with E-state index in [0.717, 1.165) is 38.2 Å². The molecule has 1 N–H and O–H groups in total. The van der Waals surface area contributed by atoms with Gasteiger partial charge in [0.15, 0.2) is 0 Å². The number of rotatable bonds is 3. The lowest BCUT2D eigenvalue weighted by Gasteiger charge is -2.29. The summed E-state index contributed by atoms with van der Waals surface area (Å²) in [5.74, 6) is 0.735. The van der Waals surface area contributed by atoms with E-state index in [1.54, 1.807) is 11.8 Å². The molecule has 0 radical (unpaired) electrons. The van der Waals surface area contributed by atoms with Crippen molar-refractivity contribution in [2.75, 3.05) is 25.9 Å². The number of nitrogens with one attached hydrogen (secondary N) is 1. The lowest BCUT2D eigenvalue weighted by molar-refractivity contribution is 0.0734. The topological polar surface area (TPSA) is 32.3 Å². The maximum atomic E-state index is 12.9. The molecule has 0 saturated carbocycles. The van der Waals surface area contributed by atoms with Crippen LogP contribution in [0, 0.1) is 0 Å². The summed E-state index contributed by atoms with van der Waals surface area (Å²) in [7, 11) is 0. The van der Waals surface area contributed by atoms with E-state index in [-0.39, 0.29) is 5.91 Å². The third kappa shape index (κ3) is 3.67. The fraction of sp³-hybridized carbons (Fsp3) is 0.409. The maximum absolute atomic E-state index is 12.9.